The highest BCUT2D eigenvalue weighted by molar-refractivity contribution is 6.03. The Hall–Kier alpha value is -2.53. The first-order valence-corrected chi connectivity index (χ1v) is 9.85. The molecule has 11 nitrogen and oxygen atoms in total. The maximum Gasteiger partial charge on any atom is 0.251 e. The standard InChI is InChI=1S/C19H28N4O7/c1-9(24)13(10(2)25)22-8-19(17(22)30)5-18(7-23(19)12(4)27)6-21(16(18)29)14(11(3)26)15(20)28/h9,11,13-14,24,26H,5-8H2,1-4H3,(H2,20,28)/t9-,11-,13+,14+,18?,19?/m1/s1. The van der Waals surface area contributed by atoms with E-state index in [1.54, 1.807) is 0 Å². The highest BCUT2D eigenvalue weighted by Gasteiger charge is 2.72. The molecule has 0 aliphatic carbocycles. The van der Waals surface area contributed by atoms with Gasteiger partial charge >= 0.3 is 0 Å². The molecule has 3 rings (SSSR count). The Morgan fingerprint density at radius 1 is 0.933 bits per heavy atom. The van der Waals surface area contributed by atoms with E-state index in [1.807, 2.05) is 0 Å². The van der Waals surface area contributed by atoms with Crippen LogP contribution in [-0.4, -0.2) is 104 Å². The SMILES string of the molecule is CC(=O)[C@H]([C@@H](C)O)N1CC2(CC3(CN([C@H](C(N)=O)[C@@H](C)O)C3=O)CN2C(C)=O)C1=O. The van der Waals surface area contributed by atoms with Crippen molar-refractivity contribution in [3.8, 4) is 0 Å². The maximum atomic E-state index is 13.1. The van der Waals surface area contributed by atoms with E-state index in [4.69, 9.17) is 5.73 Å². The molecule has 3 saturated heterocycles. The van der Waals surface area contributed by atoms with Crippen molar-refractivity contribution in [3.63, 3.8) is 0 Å². The van der Waals surface area contributed by atoms with Crippen LogP contribution in [0, 0.1) is 5.41 Å². The quantitative estimate of drug-likeness (QED) is 0.389. The maximum absolute atomic E-state index is 13.1. The third-order valence-electron chi connectivity index (χ3n) is 6.56. The average molecular weight is 424 g/mol. The van der Waals surface area contributed by atoms with E-state index in [2.05, 4.69) is 0 Å². The average Bonchev–Trinajstić information content (AvgIpc) is 2.99. The molecule has 0 aromatic carbocycles. The second kappa shape index (κ2) is 7.02. The first kappa shape index (κ1) is 22.2. The summed E-state index contributed by atoms with van der Waals surface area (Å²) in [5.41, 5.74) is 3.01. The van der Waals surface area contributed by atoms with Crippen LogP contribution in [0.15, 0.2) is 0 Å². The predicted molar refractivity (Wildman–Crippen MR) is 101 cm³/mol. The van der Waals surface area contributed by atoms with Gasteiger partial charge in [0.15, 0.2) is 5.78 Å². The van der Waals surface area contributed by atoms with Crippen molar-refractivity contribution >= 4 is 29.4 Å². The molecule has 2 spiro atoms. The highest BCUT2D eigenvalue weighted by atomic mass is 16.3. The van der Waals surface area contributed by atoms with Crippen molar-refractivity contribution in [1.82, 2.24) is 14.7 Å². The van der Waals surface area contributed by atoms with Crippen molar-refractivity contribution in [2.45, 2.75) is 63.9 Å². The summed E-state index contributed by atoms with van der Waals surface area (Å²) in [7, 11) is 0. The number of likely N-dealkylation sites (tertiary alicyclic amines) is 3. The number of nitrogens with zero attached hydrogens (tertiary/aromatic N) is 3. The predicted octanol–water partition coefficient (Wildman–Crippen LogP) is -2.78. The van der Waals surface area contributed by atoms with Crippen LogP contribution in [0.25, 0.3) is 0 Å². The molecular formula is C19H28N4O7. The number of nitrogens with two attached hydrogens (primary N) is 1. The summed E-state index contributed by atoms with van der Waals surface area (Å²) >= 11 is 0. The molecule has 4 N–H and O–H groups in total. The monoisotopic (exact) mass is 424 g/mol. The van der Waals surface area contributed by atoms with E-state index in [1.165, 1.54) is 42.4 Å². The highest BCUT2D eigenvalue weighted by Crippen LogP contribution is 2.53. The minimum atomic E-state index is -1.26. The summed E-state index contributed by atoms with van der Waals surface area (Å²) in [6, 6.07) is -2.20. The number of hydrogen-bond acceptors (Lipinski definition) is 7. The molecule has 166 valence electrons. The van der Waals surface area contributed by atoms with Gasteiger partial charge in [-0.3, -0.25) is 24.0 Å². The Morgan fingerprint density at radius 2 is 1.47 bits per heavy atom. The molecule has 0 aromatic rings. The molecule has 0 saturated carbocycles. The van der Waals surface area contributed by atoms with Gasteiger partial charge in [-0.1, -0.05) is 0 Å². The van der Waals surface area contributed by atoms with Crippen LogP contribution >= 0.6 is 0 Å². The number of ketones is 1. The summed E-state index contributed by atoms with van der Waals surface area (Å²) in [6.45, 7) is 5.47. The number of aliphatic hydroxyl groups excluding tert-OH is 2. The van der Waals surface area contributed by atoms with Crippen LogP contribution in [0.5, 0.6) is 0 Å². The Morgan fingerprint density at radius 3 is 1.83 bits per heavy atom. The van der Waals surface area contributed by atoms with Gasteiger partial charge in [-0.2, -0.15) is 0 Å². The number of carbonyl (C=O) groups is 5. The molecule has 2 unspecified atom stereocenters. The number of amides is 4. The Bertz CT molecular complexity index is 828. The summed E-state index contributed by atoms with van der Waals surface area (Å²) in [5.74, 6) is -2.52. The summed E-state index contributed by atoms with van der Waals surface area (Å²) < 4.78 is 0. The van der Waals surface area contributed by atoms with Crippen LogP contribution in [0.2, 0.25) is 0 Å². The molecule has 3 heterocycles. The lowest BCUT2D eigenvalue weighted by Crippen LogP contribution is -2.76. The smallest absolute Gasteiger partial charge is 0.251 e. The van der Waals surface area contributed by atoms with Crippen LogP contribution in [0.4, 0.5) is 0 Å². The Labute approximate surface area is 173 Å². The van der Waals surface area contributed by atoms with E-state index in [-0.39, 0.29) is 37.7 Å². The number of aliphatic hydroxyl groups is 2. The molecule has 0 bridgehead atoms. The van der Waals surface area contributed by atoms with Crippen LogP contribution in [0.3, 0.4) is 0 Å². The largest absolute Gasteiger partial charge is 0.391 e. The van der Waals surface area contributed by atoms with Gasteiger partial charge < -0.3 is 30.6 Å². The van der Waals surface area contributed by atoms with Gasteiger partial charge in [0.25, 0.3) is 5.91 Å². The molecule has 0 aromatic heterocycles. The van der Waals surface area contributed by atoms with E-state index in [0.717, 1.165) is 0 Å². The third kappa shape index (κ3) is 2.90. The van der Waals surface area contributed by atoms with E-state index >= 15 is 0 Å². The second-order valence-corrected chi connectivity index (χ2v) is 8.84. The van der Waals surface area contributed by atoms with Gasteiger partial charge in [-0.15, -0.1) is 0 Å². The van der Waals surface area contributed by atoms with Gasteiger partial charge in [0.2, 0.25) is 17.7 Å². The lowest BCUT2D eigenvalue weighted by Gasteiger charge is -2.54. The minimum absolute atomic E-state index is 0.00194. The number of hydrogen-bond donors (Lipinski definition) is 3. The third-order valence-corrected chi connectivity index (χ3v) is 6.56. The zero-order valence-electron chi connectivity index (χ0n) is 17.5. The number of β-lactam (4-membered cyclic amide) rings is 2. The second-order valence-electron chi connectivity index (χ2n) is 8.84. The number of rotatable bonds is 6. The topological polar surface area (TPSA) is 162 Å². The van der Waals surface area contributed by atoms with Crippen molar-refractivity contribution in [1.29, 1.82) is 0 Å². The van der Waals surface area contributed by atoms with Crippen molar-refractivity contribution in [2.24, 2.45) is 11.1 Å². The minimum Gasteiger partial charge on any atom is -0.391 e. The van der Waals surface area contributed by atoms with Crippen molar-refractivity contribution in [3.05, 3.63) is 0 Å². The molecule has 11 heteroatoms. The molecule has 4 amide bonds. The van der Waals surface area contributed by atoms with Gasteiger partial charge in [-0.25, -0.2) is 0 Å². The van der Waals surface area contributed by atoms with Gasteiger partial charge in [-0.05, 0) is 27.2 Å². The van der Waals surface area contributed by atoms with Gasteiger partial charge in [0.05, 0.1) is 24.2 Å². The Kier molecular flexibility index (Phi) is 5.18. The zero-order chi connectivity index (χ0) is 22.8. The van der Waals surface area contributed by atoms with Crippen molar-refractivity contribution < 1.29 is 34.2 Å². The zero-order valence-corrected chi connectivity index (χ0v) is 17.5. The molecule has 0 radical (unpaired) electrons. The summed E-state index contributed by atoms with van der Waals surface area (Å²) in [5, 5.41) is 19.8. The molecule has 3 aliphatic rings. The number of primary amides is 1. The number of carbonyl (C=O) groups excluding carboxylic acids is 5. The fraction of sp³-hybridized carbons (Fsp3) is 0.737. The summed E-state index contributed by atoms with van der Waals surface area (Å²) in [4.78, 5) is 65.8. The lowest BCUT2D eigenvalue weighted by molar-refractivity contribution is -0.176. The van der Waals surface area contributed by atoms with E-state index < -0.39 is 53.0 Å². The van der Waals surface area contributed by atoms with E-state index in [9.17, 15) is 34.2 Å². The molecule has 30 heavy (non-hydrogen) atoms. The lowest BCUT2D eigenvalue weighted by atomic mass is 9.70. The molecule has 6 atom stereocenters. The van der Waals surface area contributed by atoms with E-state index in [0.29, 0.717) is 0 Å². The van der Waals surface area contributed by atoms with Crippen LogP contribution < -0.4 is 5.73 Å². The first-order chi connectivity index (χ1) is 13.8. The van der Waals surface area contributed by atoms with Gasteiger partial charge in [0, 0.05) is 20.0 Å². The number of Topliss-reactive ketones (excluding diaryl/α,β-unsaturated/α-hetero) is 1. The molecule has 3 aliphatic heterocycles. The van der Waals surface area contributed by atoms with Crippen LogP contribution in [-0.2, 0) is 24.0 Å². The normalized spacial score (nSPS) is 32.0. The fourth-order valence-corrected chi connectivity index (χ4v) is 5.36. The summed E-state index contributed by atoms with van der Waals surface area (Å²) in [6.07, 6.45) is -2.18. The fourth-order valence-electron chi connectivity index (χ4n) is 5.36. The molecule has 3 fully saturated rings. The molecular weight excluding hydrogens is 396 g/mol. The van der Waals surface area contributed by atoms with Crippen LogP contribution in [0.1, 0.15) is 34.1 Å². The first-order valence-electron chi connectivity index (χ1n) is 9.85. The van der Waals surface area contributed by atoms with Crippen molar-refractivity contribution in [2.75, 3.05) is 19.6 Å². The van der Waals surface area contributed by atoms with Gasteiger partial charge in [0.1, 0.15) is 17.6 Å². The Balaban J connectivity index is 1.86.